The van der Waals surface area contributed by atoms with Gasteiger partial charge in [0.1, 0.15) is 0 Å². The van der Waals surface area contributed by atoms with Crippen LogP contribution in [0.15, 0.2) is 47.5 Å². The number of nitrogens with zero attached hydrogens (tertiary/aromatic N) is 1. The van der Waals surface area contributed by atoms with Gasteiger partial charge in [0.25, 0.3) is 0 Å². The van der Waals surface area contributed by atoms with Crippen LogP contribution in [-0.2, 0) is 19.5 Å². The summed E-state index contributed by atoms with van der Waals surface area (Å²) in [5.74, 6) is 2.27. The first-order valence-corrected chi connectivity index (χ1v) is 9.02. The first-order chi connectivity index (χ1) is 12.7. The standard InChI is InChI=1S/C21H29N3O2.HI/c1-5-17-9-7-8-10-18(17)15-24-21(22-3)23-14-16-11-12-19(26-6-2)20(13-16)25-4;/h7-13H,5-6,14-15H2,1-4H3,(H2,22,23,24);1H. The van der Waals surface area contributed by atoms with Crippen molar-refractivity contribution in [2.24, 2.45) is 4.99 Å². The number of benzene rings is 2. The van der Waals surface area contributed by atoms with Crippen molar-refractivity contribution in [3.8, 4) is 11.5 Å². The number of hydrogen-bond acceptors (Lipinski definition) is 3. The van der Waals surface area contributed by atoms with Crippen LogP contribution < -0.4 is 20.1 Å². The van der Waals surface area contributed by atoms with E-state index >= 15 is 0 Å². The van der Waals surface area contributed by atoms with Crippen molar-refractivity contribution in [1.82, 2.24) is 10.6 Å². The maximum atomic E-state index is 5.56. The molecule has 0 aliphatic rings. The Morgan fingerprint density at radius 3 is 2.30 bits per heavy atom. The van der Waals surface area contributed by atoms with Gasteiger partial charge in [-0.15, -0.1) is 24.0 Å². The zero-order valence-corrected chi connectivity index (χ0v) is 18.9. The van der Waals surface area contributed by atoms with Gasteiger partial charge in [-0.25, -0.2) is 0 Å². The Kier molecular flexibility index (Phi) is 10.6. The van der Waals surface area contributed by atoms with Gasteiger partial charge in [-0.05, 0) is 42.2 Å². The number of guanidine groups is 1. The molecule has 0 radical (unpaired) electrons. The second-order valence-corrected chi connectivity index (χ2v) is 5.82. The molecule has 0 amide bonds. The molecule has 27 heavy (non-hydrogen) atoms. The van der Waals surface area contributed by atoms with Gasteiger partial charge in [0.2, 0.25) is 0 Å². The van der Waals surface area contributed by atoms with E-state index in [-0.39, 0.29) is 24.0 Å². The van der Waals surface area contributed by atoms with Crippen LogP contribution in [0.1, 0.15) is 30.5 Å². The molecule has 2 rings (SSSR count). The van der Waals surface area contributed by atoms with Gasteiger partial charge in [-0.1, -0.05) is 37.3 Å². The van der Waals surface area contributed by atoms with E-state index < -0.39 is 0 Å². The molecule has 2 aromatic rings. The van der Waals surface area contributed by atoms with E-state index in [0.29, 0.717) is 13.2 Å². The number of rotatable bonds is 8. The van der Waals surface area contributed by atoms with E-state index in [4.69, 9.17) is 9.47 Å². The van der Waals surface area contributed by atoms with Crippen LogP contribution in [0.4, 0.5) is 0 Å². The minimum absolute atomic E-state index is 0. The van der Waals surface area contributed by atoms with Crippen LogP contribution in [0.2, 0.25) is 0 Å². The smallest absolute Gasteiger partial charge is 0.191 e. The lowest BCUT2D eigenvalue weighted by Crippen LogP contribution is -2.36. The fourth-order valence-corrected chi connectivity index (χ4v) is 2.76. The topological polar surface area (TPSA) is 54.9 Å². The van der Waals surface area contributed by atoms with E-state index in [1.807, 2.05) is 25.1 Å². The van der Waals surface area contributed by atoms with Crippen molar-refractivity contribution < 1.29 is 9.47 Å². The van der Waals surface area contributed by atoms with Gasteiger partial charge < -0.3 is 20.1 Å². The molecule has 0 atom stereocenters. The van der Waals surface area contributed by atoms with E-state index in [9.17, 15) is 0 Å². The lowest BCUT2D eigenvalue weighted by molar-refractivity contribution is 0.310. The Morgan fingerprint density at radius 1 is 0.963 bits per heavy atom. The van der Waals surface area contributed by atoms with E-state index in [0.717, 1.165) is 36.0 Å². The predicted octanol–water partition coefficient (Wildman–Crippen LogP) is 4.14. The summed E-state index contributed by atoms with van der Waals surface area (Å²) in [5.41, 5.74) is 3.75. The van der Waals surface area contributed by atoms with Crippen molar-refractivity contribution in [3.63, 3.8) is 0 Å². The first kappa shape index (κ1) is 23.1. The summed E-state index contributed by atoms with van der Waals surface area (Å²) < 4.78 is 11.0. The Balaban J connectivity index is 0.00000364. The number of aliphatic imine (C=N–C) groups is 1. The van der Waals surface area contributed by atoms with Crippen molar-refractivity contribution in [1.29, 1.82) is 0 Å². The third-order valence-electron chi connectivity index (χ3n) is 4.16. The highest BCUT2D eigenvalue weighted by molar-refractivity contribution is 14.0. The van der Waals surface area contributed by atoms with Crippen LogP contribution in [0, 0.1) is 0 Å². The number of aryl methyl sites for hydroxylation is 1. The predicted molar refractivity (Wildman–Crippen MR) is 122 cm³/mol. The molecule has 2 N–H and O–H groups in total. The SMILES string of the molecule is CCOc1ccc(CNC(=NC)NCc2ccccc2CC)cc1OC.I. The van der Waals surface area contributed by atoms with Crippen LogP contribution >= 0.6 is 24.0 Å². The molecule has 0 heterocycles. The summed E-state index contributed by atoms with van der Waals surface area (Å²) in [6.07, 6.45) is 1.02. The number of nitrogens with one attached hydrogen (secondary N) is 2. The third kappa shape index (κ3) is 6.93. The highest BCUT2D eigenvalue weighted by Gasteiger charge is 2.06. The Bertz CT molecular complexity index is 735. The summed E-state index contributed by atoms with van der Waals surface area (Å²) in [7, 11) is 3.43. The highest BCUT2D eigenvalue weighted by Crippen LogP contribution is 2.27. The van der Waals surface area contributed by atoms with Crippen LogP contribution in [-0.4, -0.2) is 26.7 Å². The minimum Gasteiger partial charge on any atom is -0.493 e. The molecular weight excluding hydrogens is 453 g/mol. The summed E-state index contributed by atoms with van der Waals surface area (Å²) in [6, 6.07) is 14.4. The summed E-state index contributed by atoms with van der Waals surface area (Å²) in [5, 5.41) is 6.71. The average molecular weight is 483 g/mol. The number of methoxy groups -OCH3 is 1. The Hall–Kier alpha value is -1.96. The summed E-state index contributed by atoms with van der Waals surface area (Å²) in [4.78, 5) is 4.30. The molecule has 0 bridgehead atoms. The Morgan fingerprint density at radius 2 is 1.67 bits per heavy atom. The molecule has 148 valence electrons. The van der Waals surface area contributed by atoms with Gasteiger partial charge >= 0.3 is 0 Å². The quantitative estimate of drug-likeness (QED) is 0.337. The molecule has 0 fully saturated rings. The van der Waals surface area contributed by atoms with Crippen molar-refractivity contribution in [2.45, 2.75) is 33.4 Å². The van der Waals surface area contributed by atoms with E-state index in [2.05, 4.69) is 46.8 Å². The number of halogens is 1. The second kappa shape index (κ2) is 12.4. The maximum absolute atomic E-state index is 5.56. The Labute approximate surface area is 179 Å². The lowest BCUT2D eigenvalue weighted by Gasteiger charge is -2.15. The molecule has 0 aromatic heterocycles. The molecule has 0 spiro atoms. The van der Waals surface area contributed by atoms with Crippen molar-refractivity contribution in [3.05, 3.63) is 59.2 Å². The zero-order valence-electron chi connectivity index (χ0n) is 16.5. The summed E-state index contributed by atoms with van der Waals surface area (Å²) >= 11 is 0. The van der Waals surface area contributed by atoms with Crippen LogP contribution in [0.25, 0.3) is 0 Å². The summed E-state index contributed by atoms with van der Waals surface area (Å²) in [6.45, 7) is 6.14. The fraction of sp³-hybridized carbons (Fsp3) is 0.381. The fourth-order valence-electron chi connectivity index (χ4n) is 2.76. The second-order valence-electron chi connectivity index (χ2n) is 5.82. The molecule has 6 heteroatoms. The monoisotopic (exact) mass is 483 g/mol. The third-order valence-corrected chi connectivity index (χ3v) is 4.16. The molecule has 2 aromatic carbocycles. The average Bonchev–Trinajstić information content (AvgIpc) is 2.69. The van der Waals surface area contributed by atoms with Gasteiger partial charge in [-0.2, -0.15) is 0 Å². The molecular formula is C21H30IN3O2. The van der Waals surface area contributed by atoms with E-state index in [1.165, 1.54) is 11.1 Å². The zero-order chi connectivity index (χ0) is 18.8. The highest BCUT2D eigenvalue weighted by atomic mass is 127. The van der Waals surface area contributed by atoms with E-state index in [1.54, 1.807) is 14.2 Å². The first-order valence-electron chi connectivity index (χ1n) is 9.02. The largest absolute Gasteiger partial charge is 0.493 e. The normalized spacial score (nSPS) is 10.7. The van der Waals surface area contributed by atoms with Crippen LogP contribution in [0.5, 0.6) is 11.5 Å². The van der Waals surface area contributed by atoms with Gasteiger partial charge in [0.15, 0.2) is 17.5 Å². The lowest BCUT2D eigenvalue weighted by atomic mass is 10.1. The molecule has 0 unspecified atom stereocenters. The number of hydrogen-bond donors (Lipinski definition) is 2. The van der Waals surface area contributed by atoms with Gasteiger partial charge in [0, 0.05) is 20.1 Å². The van der Waals surface area contributed by atoms with Crippen LogP contribution in [0.3, 0.4) is 0 Å². The molecule has 0 saturated heterocycles. The molecule has 0 saturated carbocycles. The molecule has 5 nitrogen and oxygen atoms in total. The molecule has 0 aliphatic carbocycles. The van der Waals surface area contributed by atoms with Crippen molar-refractivity contribution in [2.75, 3.05) is 20.8 Å². The van der Waals surface area contributed by atoms with Gasteiger partial charge in [-0.3, -0.25) is 4.99 Å². The van der Waals surface area contributed by atoms with Crippen molar-refractivity contribution >= 4 is 29.9 Å². The van der Waals surface area contributed by atoms with Gasteiger partial charge in [0.05, 0.1) is 13.7 Å². The maximum Gasteiger partial charge on any atom is 0.191 e. The number of ether oxygens (including phenoxy) is 2. The minimum atomic E-state index is 0. The molecule has 0 aliphatic heterocycles.